The molecular formula is C13H20O2. The maximum absolute atomic E-state index is 5.61. The van der Waals surface area contributed by atoms with Gasteiger partial charge in [-0.3, -0.25) is 0 Å². The van der Waals surface area contributed by atoms with Crippen molar-refractivity contribution in [2.24, 2.45) is 0 Å². The Morgan fingerprint density at radius 3 is 2.33 bits per heavy atom. The highest BCUT2D eigenvalue weighted by molar-refractivity contribution is 5.39. The summed E-state index contributed by atoms with van der Waals surface area (Å²) in [6, 6.07) is 6.08. The van der Waals surface area contributed by atoms with Crippen LogP contribution in [0, 0.1) is 0 Å². The van der Waals surface area contributed by atoms with Crippen LogP contribution in [0.25, 0.3) is 0 Å². The fourth-order valence-corrected chi connectivity index (χ4v) is 1.35. The van der Waals surface area contributed by atoms with Gasteiger partial charge in [-0.1, -0.05) is 20.8 Å². The van der Waals surface area contributed by atoms with Gasteiger partial charge < -0.3 is 9.47 Å². The lowest BCUT2D eigenvalue weighted by atomic mass is 10.0. The van der Waals surface area contributed by atoms with Gasteiger partial charge in [0, 0.05) is 6.07 Å². The molecule has 0 unspecified atom stereocenters. The van der Waals surface area contributed by atoms with Crippen molar-refractivity contribution in [3.05, 3.63) is 23.8 Å². The fourth-order valence-electron chi connectivity index (χ4n) is 1.35. The molecule has 0 spiro atoms. The van der Waals surface area contributed by atoms with Crippen molar-refractivity contribution in [2.45, 2.75) is 33.1 Å². The molecule has 0 fully saturated rings. The first kappa shape index (κ1) is 11.9. The van der Waals surface area contributed by atoms with Gasteiger partial charge in [-0.2, -0.15) is 0 Å². The van der Waals surface area contributed by atoms with E-state index in [1.165, 1.54) is 5.56 Å². The number of hydrogen-bond donors (Lipinski definition) is 0. The Morgan fingerprint density at radius 1 is 1.13 bits per heavy atom. The maximum Gasteiger partial charge on any atom is 0.123 e. The van der Waals surface area contributed by atoms with E-state index in [4.69, 9.17) is 9.47 Å². The van der Waals surface area contributed by atoms with Gasteiger partial charge in [0.05, 0.1) is 13.7 Å². The highest BCUT2D eigenvalue weighted by atomic mass is 16.5. The van der Waals surface area contributed by atoms with Crippen LogP contribution in [0.3, 0.4) is 0 Å². The number of rotatable bonds is 5. The van der Waals surface area contributed by atoms with Gasteiger partial charge in [-0.05, 0) is 30.0 Å². The third-order valence-corrected chi connectivity index (χ3v) is 2.28. The van der Waals surface area contributed by atoms with Gasteiger partial charge in [0.15, 0.2) is 0 Å². The second kappa shape index (κ2) is 5.64. The van der Waals surface area contributed by atoms with Crippen molar-refractivity contribution < 1.29 is 9.47 Å². The van der Waals surface area contributed by atoms with E-state index in [-0.39, 0.29) is 0 Å². The minimum atomic E-state index is 0.490. The molecule has 0 aromatic heterocycles. The van der Waals surface area contributed by atoms with E-state index in [1.54, 1.807) is 7.11 Å². The van der Waals surface area contributed by atoms with Gasteiger partial charge in [-0.15, -0.1) is 0 Å². The van der Waals surface area contributed by atoms with Crippen LogP contribution in [0.2, 0.25) is 0 Å². The zero-order valence-electron chi connectivity index (χ0n) is 10.0. The Hall–Kier alpha value is -1.18. The van der Waals surface area contributed by atoms with Gasteiger partial charge in [0.1, 0.15) is 11.5 Å². The van der Waals surface area contributed by atoms with Crippen LogP contribution in [0.15, 0.2) is 18.2 Å². The molecule has 2 nitrogen and oxygen atoms in total. The van der Waals surface area contributed by atoms with E-state index in [0.29, 0.717) is 5.92 Å². The third kappa shape index (κ3) is 3.46. The topological polar surface area (TPSA) is 18.5 Å². The largest absolute Gasteiger partial charge is 0.497 e. The SMILES string of the molecule is CCCOc1cc(OC)cc(C(C)C)c1. The molecule has 1 aromatic carbocycles. The average molecular weight is 208 g/mol. The Labute approximate surface area is 92.2 Å². The van der Waals surface area contributed by atoms with Crippen molar-refractivity contribution in [1.29, 1.82) is 0 Å². The van der Waals surface area contributed by atoms with E-state index < -0.39 is 0 Å². The first-order chi connectivity index (χ1) is 7.17. The Balaban J connectivity index is 2.90. The molecule has 2 heteroatoms. The van der Waals surface area contributed by atoms with E-state index >= 15 is 0 Å². The summed E-state index contributed by atoms with van der Waals surface area (Å²) in [5.74, 6) is 2.26. The van der Waals surface area contributed by atoms with E-state index in [0.717, 1.165) is 24.5 Å². The lowest BCUT2D eigenvalue weighted by Crippen LogP contribution is -1.97. The lowest BCUT2D eigenvalue weighted by Gasteiger charge is -2.12. The van der Waals surface area contributed by atoms with Crippen LogP contribution in [0.5, 0.6) is 11.5 Å². The zero-order valence-corrected chi connectivity index (χ0v) is 10.0. The van der Waals surface area contributed by atoms with Crippen molar-refractivity contribution >= 4 is 0 Å². The first-order valence-corrected chi connectivity index (χ1v) is 5.49. The number of hydrogen-bond acceptors (Lipinski definition) is 2. The van der Waals surface area contributed by atoms with E-state index in [9.17, 15) is 0 Å². The summed E-state index contributed by atoms with van der Waals surface area (Å²) in [4.78, 5) is 0. The molecule has 1 rings (SSSR count). The minimum Gasteiger partial charge on any atom is -0.497 e. The highest BCUT2D eigenvalue weighted by Gasteiger charge is 2.05. The first-order valence-electron chi connectivity index (χ1n) is 5.49. The van der Waals surface area contributed by atoms with Crippen LogP contribution in [0.4, 0.5) is 0 Å². The monoisotopic (exact) mass is 208 g/mol. The summed E-state index contributed by atoms with van der Waals surface area (Å²) in [5.41, 5.74) is 1.25. The highest BCUT2D eigenvalue weighted by Crippen LogP contribution is 2.27. The fraction of sp³-hybridized carbons (Fsp3) is 0.538. The molecule has 0 aliphatic rings. The zero-order chi connectivity index (χ0) is 11.3. The summed E-state index contributed by atoms with van der Waals surface area (Å²) < 4.78 is 10.9. The molecule has 0 bridgehead atoms. The quantitative estimate of drug-likeness (QED) is 0.736. The molecule has 0 amide bonds. The Morgan fingerprint density at radius 2 is 1.80 bits per heavy atom. The molecule has 84 valence electrons. The molecule has 0 aliphatic heterocycles. The molecule has 0 saturated heterocycles. The van der Waals surface area contributed by atoms with Crippen LogP contribution in [-0.2, 0) is 0 Å². The van der Waals surface area contributed by atoms with Crippen LogP contribution < -0.4 is 9.47 Å². The minimum absolute atomic E-state index is 0.490. The molecule has 0 heterocycles. The van der Waals surface area contributed by atoms with E-state index in [2.05, 4.69) is 32.9 Å². The predicted molar refractivity (Wildman–Crippen MR) is 62.9 cm³/mol. The molecule has 0 N–H and O–H groups in total. The van der Waals surface area contributed by atoms with Gasteiger partial charge in [-0.25, -0.2) is 0 Å². The van der Waals surface area contributed by atoms with Crippen molar-refractivity contribution in [3.8, 4) is 11.5 Å². The molecule has 15 heavy (non-hydrogen) atoms. The lowest BCUT2D eigenvalue weighted by molar-refractivity contribution is 0.314. The van der Waals surface area contributed by atoms with Gasteiger partial charge in [0.2, 0.25) is 0 Å². The van der Waals surface area contributed by atoms with Crippen molar-refractivity contribution in [3.63, 3.8) is 0 Å². The summed E-state index contributed by atoms with van der Waals surface area (Å²) in [5, 5.41) is 0. The maximum atomic E-state index is 5.61. The second-order valence-electron chi connectivity index (χ2n) is 3.95. The molecule has 0 saturated carbocycles. The van der Waals surface area contributed by atoms with Crippen molar-refractivity contribution in [1.82, 2.24) is 0 Å². The standard InChI is InChI=1S/C13H20O2/c1-5-6-15-13-8-11(10(2)3)7-12(9-13)14-4/h7-10H,5-6H2,1-4H3. The molecule has 0 aliphatic carbocycles. The van der Waals surface area contributed by atoms with Crippen LogP contribution in [0.1, 0.15) is 38.7 Å². The predicted octanol–water partition coefficient (Wildman–Crippen LogP) is 3.61. The van der Waals surface area contributed by atoms with Crippen molar-refractivity contribution in [2.75, 3.05) is 13.7 Å². The summed E-state index contributed by atoms with van der Waals surface area (Å²) in [6.07, 6.45) is 1.02. The second-order valence-corrected chi connectivity index (χ2v) is 3.95. The summed E-state index contributed by atoms with van der Waals surface area (Å²) in [6.45, 7) is 7.19. The molecule has 0 atom stereocenters. The van der Waals surface area contributed by atoms with Crippen LogP contribution in [-0.4, -0.2) is 13.7 Å². The van der Waals surface area contributed by atoms with Crippen LogP contribution >= 0.6 is 0 Å². The van der Waals surface area contributed by atoms with Gasteiger partial charge >= 0.3 is 0 Å². The van der Waals surface area contributed by atoms with E-state index in [1.807, 2.05) is 6.07 Å². The van der Waals surface area contributed by atoms with Gasteiger partial charge in [0.25, 0.3) is 0 Å². The number of ether oxygens (including phenoxy) is 2. The summed E-state index contributed by atoms with van der Waals surface area (Å²) in [7, 11) is 1.68. The normalized spacial score (nSPS) is 10.5. The Kier molecular flexibility index (Phi) is 4.47. The molecular weight excluding hydrogens is 188 g/mol. The summed E-state index contributed by atoms with van der Waals surface area (Å²) >= 11 is 0. The average Bonchev–Trinajstić information content (AvgIpc) is 2.25. The number of methoxy groups -OCH3 is 1. The third-order valence-electron chi connectivity index (χ3n) is 2.28. The molecule has 0 radical (unpaired) electrons. The Bertz CT molecular complexity index is 305. The smallest absolute Gasteiger partial charge is 0.123 e. The number of benzene rings is 1. The molecule has 1 aromatic rings.